The van der Waals surface area contributed by atoms with E-state index in [0.717, 1.165) is 14.5 Å². The van der Waals surface area contributed by atoms with Gasteiger partial charge in [-0.05, 0) is 55.6 Å². The summed E-state index contributed by atoms with van der Waals surface area (Å²) >= 11 is 6.80. The van der Waals surface area contributed by atoms with E-state index >= 15 is 0 Å². The summed E-state index contributed by atoms with van der Waals surface area (Å²) in [5.41, 5.74) is 1.29. The fraction of sp³-hybridized carbons (Fsp3) is 0.0588. The van der Waals surface area contributed by atoms with Crippen molar-refractivity contribution < 1.29 is 9.53 Å². The van der Waals surface area contributed by atoms with Crippen LogP contribution < -0.4 is 4.74 Å². The quantitative estimate of drug-likeness (QED) is 0.396. The number of methoxy groups -OCH3 is 1. The van der Waals surface area contributed by atoms with E-state index < -0.39 is 0 Å². The number of ketones is 1. The molecule has 2 rings (SSSR count). The van der Waals surface area contributed by atoms with E-state index in [9.17, 15) is 10.1 Å². The topological polar surface area (TPSA) is 50.1 Å². The summed E-state index contributed by atoms with van der Waals surface area (Å²) in [7, 11) is 1.57. The summed E-state index contributed by atoms with van der Waals surface area (Å²) in [6, 6.07) is 14.3. The van der Waals surface area contributed by atoms with E-state index in [4.69, 9.17) is 4.74 Å². The molecule has 2 aromatic carbocycles. The summed E-state index contributed by atoms with van der Waals surface area (Å²) in [5.74, 6) is 0.358. The van der Waals surface area contributed by atoms with E-state index in [0.29, 0.717) is 11.3 Å². The molecule has 0 aromatic heterocycles. The van der Waals surface area contributed by atoms with Crippen LogP contribution in [0.4, 0.5) is 0 Å². The fourth-order valence-electron chi connectivity index (χ4n) is 1.92. The summed E-state index contributed by atoms with van der Waals surface area (Å²) in [4.78, 5) is 12.3. The van der Waals surface area contributed by atoms with Crippen molar-refractivity contribution in [1.29, 1.82) is 5.26 Å². The van der Waals surface area contributed by atoms with E-state index in [1.807, 2.05) is 12.1 Å². The summed E-state index contributed by atoms with van der Waals surface area (Å²) in [6.45, 7) is 0. The predicted molar refractivity (Wildman–Crippen MR) is 92.8 cm³/mol. The van der Waals surface area contributed by atoms with Gasteiger partial charge in [-0.1, -0.05) is 30.3 Å². The fourth-order valence-corrected chi connectivity index (χ4v) is 3.46. The second-order valence-corrected chi connectivity index (χ2v) is 6.09. The molecule has 0 atom stereocenters. The average Bonchev–Trinajstić information content (AvgIpc) is 2.52. The van der Waals surface area contributed by atoms with Crippen molar-refractivity contribution in [2.45, 2.75) is 0 Å². The molecule has 0 radical (unpaired) electrons. The zero-order valence-electron chi connectivity index (χ0n) is 11.6. The molecule has 0 saturated heterocycles. The third-order valence-electron chi connectivity index (χ3n) is 2.94. The molecule has 0 aliphatic carbocycles. The second-order valence-electron chi connectivity index (χ2n) is 4.38. The van der Waals surface area contributed by atoms with Gasteiger partial charge in [-0.3, -0.25) is 4.79 Å². The minimum Gasteiger partial charge on any atom is -0.494 e. The molecule has 0 aliphatic rings. The SMILES string of the molecule is COc1c(Br)cc(C=C(C#N)C(=O)c2ccccc2)cc1Br. The zero-order valence-corrected chi connectivity index (χ0v) is 14.8. The predicted octanol–water partition coefficient (Wildman–Crippen LogP) is 5.01. The van der Waals surface area contributed by atoms with Crippen molar-refractivity contribution in [3.63, 3.8) is 0 Å². The molecule has 0 amide bonds. The van der Waals surface area contributed by atoms with Gasteiger partial charge >= 0.3 is 0 Å². The Labute approximate surface area is 145 Å². The Bertz CT molecular complexity index is 754. The molecule has 5 heteroatoms. The molecule has 0 fully saturated rings. The summed E-state index contributed by atoms with van der Waals surface area (Å²) < 4.78 is 6.70. The van der Waals surface area contributed by atoms with Gasteiger partial charge in [0.2, 0.25) is 5.78 Å². The van der Waals surface area contributed by atoms with Gasteiger partial charge in [-0.15, -0.1) is 0 Å². The van der Waals surface area contributed by atoms with Crippen molar-refractivity contribution in [3.05, 3.63) is 68.1 Å². The maximum absolute atomic E-state index is 12.3. The molecule has 0 heterocycles. The molecular weight excluding hydrogens is 410 g/mol. The highest BCUT2D eigenvalue weighted by atomic mass is 79.9. The minimum absolute atomic E-state index is 0.0789. The highest BCUT2D eigenvalue weighted by Gasteiger charge is 2.13. The Kier molecular flexibility index (Phi) is 5.53. The molecule has 0 N–H and O–H groups in total. The van der Waals surface area contributed by atoms with Gasteiger partial charge < -0.3 is 4.74 Å². The van der Waals surface area contributed by atoms with Gasteiger partial charge in [0.1, 0.15) is 17.4 Å². The molecule has 0 spiro atoms. The Balaban J connectivity index is 2.42. The van der Waals surface area contributed by atoms with Crippen molar-refractivity contribution >= 4 is 43.7 Å². The van der Waals surface area contributed by atoms with Gasteiger partial charge in [0.05, 0.1) is 16.1 Å². The number of ether oxygens (including phenoxy) is 1. The van der Waals surface area contributed by atoms with Crippen LogP contribution in [-0.2, 0) is 0 Å². The number of carbonyl (C=O) groups excluding carboxylic acids is 1. The highest BCUT2D eigenvalue weighted by Crippen LogP contribution is 2.35. The number of carbonyl (C=O) groups is 1. The summed E-state index contributed by atoms with van der Waals surface area (Å²) in [6.07, 6.45) is 1.56. The Morgan fingerprint density at radius 2 is 1.77 bits per heavy atom. The third-order valence-corrected chi connectivity index (χ3v) is 4.11. The number of nitriles is 1. The number of halogens is 2. The van der Waals surface area contributed by atoms with E-state index in [1.165, 1.54) is 0 Å². The number of nitrogens with zero attached hydrogens (tertiary/aromatic N) is 1. The van der Waals surface area contributed by atoms with Crippen LogP contribution in [0, 0.1) is 11.3 Å². The van der Waals surface area contributed by atoms with Crippen LogP contribution in [0.2, 0.25) is 0 Å². The molecule has 110 valence electrons. The van der Waals surface area contributed by atoms with E-state index in [1.54, 1.807) is 49.6 Å². The lowest BCUT2D eigenvalue weighted by molar-refractivity contribution is 0.104. The molecule has 2 aromatic rings. The van der Waals surface area contributed by atoms with E-state index in [2.05, 4.69) is 31.9 Å². The first-order valence-electron chi connectivity index (χ1n) is 6.31. The summed E-state index contributed by atoms with van der Waals surface area (Å²) in [5, 5.41) is 9.27. The molecule has 22 heavy (non-hydrogen) atoms. The Morgan fingerprint density at radius 3 is 2.27 bits per heavy atom. The van der Waals surface area contributed by atoms with Crippen LogP contribution in [0.25, 0.3) is 6.08 Å². The van der Waals surface area contributed by atoms with Gasteiger partial charge in [-0.25, -0.2) is 0 Å². The van der Waals surface area contributed by atoms with Crippen LogP contribution in [0.15, 0.2) is 57.0 Å². The minimum atomic E-state index is -0.300. The maximum Gasteiger partial charge on any atom is 0.203 e. The average molecular weight is 421 g/mol. The second kappa shape index (κ2) is 7.39. The number of hydrogen-bond acceptors (Lipinski definition) is 3. The van der Waals surface area contributed by atoms with E-state index in [-0.39, 0.29) is 11.4 Å². The van der Waals surface area contributed by atoms with Crippen molar-refractivity contribution in [3.8, 4) is 11.8 Å². The van der Waals surface area contributed by atoms with Crippen LogP contribution in [-0.4, -0.2) is 12.9 Å². The number of benzene rings is 2. The standard InChI is InChI=1S/C17H11Br2NO2/c1-22-17-14(18)8-11(9-15(17)19)7-13(10-20)16(21)12-5-3-2-4-6-12/h2-9H,1H3. The molecule has 0 unspecified atom stereocenters. The first kappa shape index (κ1) is 16.5. The number of allylic oxidation sites excluding steroid dienone is 1. The molecule has 0 bridgehead atoms. The smallest absolute Gasteiger partial charge is 0.203 e. The van der Waals surface area contributed by atoms with Gasteiger partial charge in [0, 0.05) is 5.56 Å². The molecular formula is C17H11Br2NO2. The van der Waals surface area contributed by atoms with Crippen molar-refractivity contribution in [2.75, 3.05) is 7.11 Å². The zero-order chi connectivity index (χ0) is 16.1. The number of rotatable bonds is 4. The number of Topliss-reactive ketones (excluding diaryl/α,β-unsaturated/α-hetero) is 1. The Morgan fingerprint density at radius 1 is 1.18 bits per heavy atom. The van der Waals surface area contributed by atoms with Crippen LogP contribution in [0.1, 0.15) is 15.9 Å². The van der Waals surface area contributed by atoms with Gasteiger partial charge in [0.25, 0.3) is 0 Å². The Hall–Kier alpha value is -1.90. The first-order chi connectivity index (χ1) is 10.6. The van der Waals surface area contributed by atoms with Crippen molar-refractivity contribution in [2.24, 2.45) is 0 Å². The lowest BCUT2D eigenvalue weighted by Crippen LogP contribution is -2.01. The molecule has 0 saturated carbocycles. The normalized spacial score (nSPS) is 10.9. The molecule has 3 nitrogen and oxygen atoms in total. The monoisotopic (exact) mass is 419 g/mol. The maximum atomic E-state index is 12.3. The largest absolute Gasteiger partial charge is 0.494 e. The highest BCUT2D eigenvalue weighted by molar-refractivity contribution is 9.11. The van der Waals surface area contributed by atoms with Crippen LogP contribution in [0.3, 0.4) is 0 Å². The van der Waals surface area contributed by atoms with Gasteiger partial charge in [-0.2, -0.15) is 5.26 Å². The van der Waals surface area contributed by atoms with Crippen molar-refractivity contribution in [1.82, 2.24) is 0 Å². The van der Waals surface area contributed by atoms with Crippen LogP contribution in [0.5, 0.6) is 5.75 Å². The van der Waals surface area contributed by atoms with Crippen LogP contribution >= 0.6 is 31.9 Å². The lowest BCUT2D eigenvalue weighted by atomic mass is 10.0. The molecule has 0 aliphatic heterocycles. The first-order valence-corrected chi connectivity index (χ1v) is 7.90. The lowest BCUT2D eigenvalue weighted by Gasteiger charge is -2.07. The third kappa shape index (κ3) is 3.65. The number of hydrogen-bond donors (Lipinski definition) is 0. The van der Waals surface area contributed by atoms with Gasteiger partial charge in [0.15, 0.2) is 0 Å².